The van der Waals surface area contributed by atoms with Crippen LogP contribution in [0.1, 0.15) is 26.7 Å². The molecule has 0 saturated carbocycles. The summed E-state index contributed by atoms with van der Waals surface area (Å²) in [6, 6.07) is 0. The average Bonchev–Trinajstić information content (AvgIpc) is 2.31. The summed E-state index contributed by atoms with van der Waals surface area (Å²) in [7, 11) is 16.7. The Morgan fingerprint density at radius 1 is 0.727 bits per heavy atom. The highest BCUT2D eigenvalue weighted by Crippen LogP contribution is 1.90. The third-order valence-electron chi connectivity index (χ3n) is 1.79. The number of hydrogen-bond acceptors (Lipinski definition) is 3. The van der Waals surface area contributed by atoms with Gasteiger partial charge in [-0.05, 0) is 12.8 Å². The van der Waals surface area contributed by atoms with Crippen LogP contribution >= 0.6 is 0 Å². The maximum atomic E-state index is 8.56. The van der Waals surface area contributed by atoms with Gasteiger partial charge in [-0.2, -0.15) is 0 Å². The van der Waals surface area contributed by atoms with Gasteiger partial charge in [-0.3, -0.25) is 0 Å². The van der Waals surface area contributed by atoms with Gasteiger partial charge in [-0.15, -0.1) is 0 Å². The Bertz CT molecular complexity index is 209. The zero-order valence-electron chi connectivity index (χ0n) is 15.3. The monoisotopic (exact) mass is 354 g/mol. The Morgan fingerprint density at radius 3 is 0.864 bits per heavy atom. The third-order valence-corrected chi connectivity index (χ3v) is 1.79. The maximum Gasteiger partial charge on any atom is 0.503 e. The molecule has 0 aromatic carbocycles. The SMILES string of the molecule is CCC[N+](C)(C)C.CCC[N+](C)(C)C.O=C(O)O.O=[Si].O=[Si]. The summed E-state index contributed by atoms with van der Waals surface area (Å²) in [4.78, 5) is 8.56. The summed E-state index contributed by atoms with van der Waals surface area (Å²) >= 11 is 0. The number of rotatable bonds is 4. The first kappa shape index (κ1) is 33.0. The summed E-state index contributed by atoms with van der Waals surface area (Å²) in [6.45, 7) is 6.98. The maximum absolute atomic E-state index is 8.56. The Balaban J connectivity index is -0.0000000604. The van der Waals surface area contributed by atoms with Crippen molar-refractivity contribution in [3.63, 3.8) is 0 Å². The van der Waals surface area contributed by atoms with Gasteiger partial charge < -0.3 is 28.1 Å². The summed E-state index contributed by atoms with van der Waals surface area (Å²) in [5.41, 5.74) is 0. The van der Waals surface area contributed by atoms with E-state index in [1.807, 2.05) is 0 Å². The van der Waals surface area contributed by atoms with Crippen LogP contribution < -0.4 is 0 Å². The van der Waals surface area contributed by atoms with E-state index < -0.39 is 6.16 Å². The third kappa shape index (κ3) is 122. The van der Waals surface area contributed by atoms with Crippen LogP contribution in [0.2, 0.25) is 0 Å². The summed E-state index contributed by atoms with van der Waals surface area (Å²) in [6.07, 6.45) is 0.729. The molecule has 4 radical (unpaired) electrons. The fourth-order valence-corrected chi connectivity index (χ4v) is 1.34. The van der Waals surface area contributed by atoms with Gasteiger partial charge >= 0.3 is 26.4 Å². The molecule has 0 atom stereocenters. The molecule has 132 valence electrons. The number of carboxylic acid groups (broad SMARTS) is 2. The Kier molecular flexibility index (Phi) is 33.7. The van der Waals surface area contributed by atoms with Crippen molar-refractivity contribution in [2.24, 2.45) is 0 Å². The van der Waals surface area contributed by atoms with Crippen LogP contribution in [0.15, 0.2) is 0 Å². The van der Waals surface area contributed by atoms with Gasteiger partial charge in [0.15, 0.2) is 0 Å². The first-order valence-corrected chi connectivity index (χ1v) is 7.61. The Hall–Kier alpha value is -0.776. The molecular weight excluding hydrogens is 320 g/mol. The van der Waals surface area contributed by atoms with Crippen LogP contribution in [0.4, 0.5) is 4.79 Å². The van der Waals surface area contributed by atoms with Crippen molar-refractivity contribution in [3.05, 3.63) is 0 Å². The second-order valence-electron chi connectivity index (χ2n) is 6.31. The first-order chi connectivity index (χ1) is 9.85. The molecule has 0 aromatic heterocycles. The van der Waals surface area contributed by atoms with Gasteiger partial charge in [-0.1, -0.05) is 13.8 Å². The van der Waals surface area contributed by atoms with Gasteiger partial charge in [0, 0.05) is 0 Å². The van der Waals surface area contributed by atoms with E-state index in [1.165, 1.54) is 25.9 Å². The largest absolute Gasteiger partial charge is 0.503 e. The van der Waals surface area contributed by atoms with Gasteiger partial charge in [0.25, 0.3) is 0 Å². The molecule has 0 unspecified atom stereocenters. The van der Waals surface area contributed by atoms with Crippen molar-refractivity contribution in [1.82, 2.24) is 0 Å². The van der Waals surface area contributed by atoms with Crippen molar-refractivity contribution in [3.8, 4) is 0 Å². The Labute approximate surface area is 142 Å². The molecule has 0 fully saturated rings. The van der Waals surface area contributed by atoms with E-state index >= 15 is 0 Å². The summed E-state index contributed by atoms with van der Waals surface area (Å²) < 4.78 is 18.3. The van der Waals surface area contributed by atoms with Crippen LogP contribution in [0, 0.1) is 0 Å². The molecule has 0 amide bonds. The van der Waals surface area contributed by atoms with Gasteiger partial charge in [0.1, 0.15) is 0 Å². The molecule has 0 aromatic rings. The highest BCUT2D eigenvalue weighted by atomic mass is 28.1. The molecule has 0 bridgehead atoms. The minimum atomic E-state index is -1.83. The van der Waals surface area contributed by atoms with E-state index in [9.17, 15) is 0 Å². The van der Waals surface area contributed by atoms with E-state index in [-0.39, 0.29) is 0 Å². The summed E-state index contributed by atoms with van der Waals surface area (Å²) in [5.74, 6) is 0. The molecule has 2 N–H and O–H groups in total. The topological polar surface area (TPSA) is 91.7 Å². The predicted octanol–water partition coefficient (Wildman–Crippen LogP) is 1.43. The minimum Gasteiger partial charge on any atom is -0.450 e. The van der Waals surface area contributed by atoms with Crippen LogP contribution in [0.25, 0.3) is 0 Å². The highest BCUT2D eigenvalue weighted by molar-refractivity contribution is 5.85. The molecule has 0 spiro atoms. The van der Waals surface area contributed by atoms with Crippen molar-refractivity contribution in [2.75, 3.05) is 55.4 Å². The molecule has 0 aliphatic rings. The van der Waals surface area contributed by atoms with E-state index in [2.05, 4.69) is 56.1 Å². The molecule has 0 aliphatic carbocycles. The lowest BCUT2D eigenvalue weighted by Crippen LogP contribution is -2.34. The van der Waals surface area contributed by atoms with E-state index in [0.29, 0.717) is 0 Å². The van der Waals surface area contributed by atoms with Crippen molar-refractivity contribution >= 4 is 26.4 Å². The van der Waals surface area contributed by atoms with Crippen LogP contribution in [-0.2, 0) is 8.92 Å². The van der Waals surface area contributed by atoms with Gasteiger partial charge in [0.05, 0.1) is 55.4 Å². The molecule has 0 rings (SSSR count). The van der Waals surface area contributed by atoms with Gasteiger partial charge in [0.2, 0.25) is 0 Å². The van der Waals surface area contributed by atoms with Crippen LogP contribution in [0.5, 0.6) is 0 Å². The predicted molar refractivity (Wildman–Crippen MR) is 89.9 cm³/mol. The van der Waals surface area contributed by atoms with Crippen LogP contribution in [0.3, 0.4) is 0 Å². The quantitative estimate of drug-likeness (QED) is 0.588. The standard InChI is InChI=1S/2C6H16N.CH2O3.2OSi/c2*1-5-6-7(2,3)4;2-1(3)4;2*1-2/h2*5-6H2,1-4H3;(H2,2,3,4);;/q2*+1;;;. The second-order valence-corrected chi connectivity index (χ2v) is 6.31. The molecule has 0 saturated heterocycles. The number of nitrogens with zero attached hydrogens (tertiary/aromatic N) is 2. The molecule has 0 aliphatic heterocycles. The van der Waals surface area contributed by atoms with Crippen molar-refractivity contribution in [2.45, 2.75) is 26.7 Å². The minimum absolute atomic E-state index is 1.09. The van der Waals surface area contributed by atoms with Crippen molar-refractivity contribution in [1.29, 1.82) is 0 Å². The number of quaternary nitrogens is 2. The second kappa shape index (κ2) is 22.5. The summed E-state index contributed by atoms with van der Waals surface area (Å²) in [5, 5.41) is 13.9. The smallest absolute Gasteiger partial charge is 0.450 e. The molecular formula is C13H34N2O5Si2+2. The van der Waals surface area contributed by atoms with E-state index in [4.69, 9.17) is 23.9 Å². The number of hydrogen-bond donors (Lipinski definition) is 2. The lowest BCUT2D eigenvalue weighted by atomic mass is 10.4. The van der Waals surface area contributed by atoms with Gasteiger partial charge in [-0.25, -0.2) is 4.79 Å². The zero-order valence-corrected chi connectivity index (χ0v) is 17.3. The fraction of sp³-hybridized carbons (Fsp3) is 0.923. The zero-order chi connectivity index (χ0) is 19.4. The molecule has 9 heteroatoms. The first-order valence-electron chi connectivity index (χ1n) is 6.79. The normalized spacial score (nSPS) is 9.09. The fourth-order valence-electron chi connectivity index (χ4n) is 1.34. The lowest BCUT2D eigenvalue weighted by Gasteiger charge is -2.22. The lowest BCUT2D eigenvalue weighted by molar-refractivity contribution is -0.870. The van der Waals surface area contributed by atoms with Crippen LogP contribution in [-0.4, -0.2) is 101 Å². The highest BCUT2D eigenvalue weighted by Gasteiger charge is 2.01. The molecule has 0 heterocycles. The molecule has 22 heavy (non-hydrogen) atoms. The van der Waals surface area contributed by atoms with E-state index in [0.717, 1.165) is 8.97 Å². The Morgan fingerprint density at radius 2 is 0.864 bits per heavy atom. The average molecular weight is 355 g/mol. The number of carbonyl (C=O) groups is 1. The van der Waals surface area contributed by atoms with Crippen molar-refractivity contribution < 1.29 is 32.9 Å². The molecule has 7 nitrogen and oxygen atoms in total. The van der Waals surface area contributed by atoms with E-state index in [1.54, 1.807) is 20.3 Å².